The number of aryl methyl sites for hydroxylation is 2. The molecule has 1 aromatic rings. The summed E-state index contributed by atoms with van der Waals surface area (Å²) in [5.74, 6) is 1.07. The van der Waals surface area contributed by atoms with Crippen LogP contribution in [0.2, 0.25) is 0 Å². The second-order valence-corrected chi connectivity index (χ2v) is 3.64. The lowest BCUT2D eigenvalue weighted by molar-refractivity contribution is 0.0987. The summed E-state index contributed by atoms with van der Waals surface area (Å²) >= 11 is 0. The Kier molecular flexibility index (Phi) is 3.89. The predicted molar refractivity (Wildman–Crippen MR) is 61.7 cm³/mol. The summed E-state index contributed by atoms with van der Waals surface area (Å²) in [5, 5.41) is 0. The molecule has 0 aliphatic carbocycles. The van der Waals surface area contributed by atoms with Crippen molar-refractivity contribution in [3.63, 3.8) is 0 Å². The van der Waals surface area contributed by atoms with Crippen LogP contribution in [0.4, 0.5) is 0 Å². The monoisotopic (exact) mass is 206 g/mol. The number of hydrogen-bond acceptors (Lipinski definition) is 2. The van der Waals surface area contributed by atoms with Crippen LogP contribution in [-0.4, -0.2) is 12.4 Å². The zero-order chi connectivity index (χ0) is 11.4. The average molecular weight is 206 g/mol. The molecule has 0 heterocycles. The zero-order valence-electron chi connectivity index (χ0n) is 9.89. The van der Waals surface area contributed by atoms with Gasteiger partial charge in [0.2, 0.25) is 0 Å². The van der Waals surface area contributed by atoms with E-state index in [2.05, 4.69) is 0 Å². The molecule has 0 saturated carbocycles. The molecule has 0 bridgehead atoms. The van der Waals surface area contributed by atoms with Gasteiger partial charge in [-0.2, -0.15) is 0 Å². The van der Waals surface area contributed by atoms with Gasteiger partial charge in [-0.15, -0.1) is 0 Å². The first-order chi connectivity index (χ1) is 7.10. The molecule has 0 N–H and O–H groups in total. The third kappa shape index (κ3) is 2.58. The van der Waals surface area contributed by atoms with Crippen LogP contribution in [0, 0.1) is 13.8 Å². The second-order valence-electron chi connectivity index (χ2n) is 3.64. The number of Topliss-reactive ketones (excluding diaryl/α,β-unsaturated/α-hetero) is 1. The molecule has 2 heteroatoms. The van der Waals surface area contributed by atoms with Crippen molar-refractivity contribution in [1.29, 1.82) is 0 Å². The lowest BCUT2D eigenvalue weighted by atomic mass is 10.00. The normalized spacial score (nSPS) is 10.1. The number of carbonyl (C=O) groups excluding carboxylic acids is 1. The standard InChI is InChI=1S/C13H18O2/c1-5-12(14)11-7-10(4)13(15-6-2)8-9(11)3/h7-8H,5-6H2,1-4H3. The molecule has 1 rings (SSSR count). The van der Waals surface area contributed by atoms with Gasteiger partial charge in [-0.1, -0.05) is 6.92 Å². The molecular formula is C13H18O2. The van der Waals surface area contributed by atoms with Crippen LogP contribution in [0.5, 0.6) is 5.75 Å². The number of benzene rings is 1. The lowest BCUT2D eigenvalue weighted by Crippen LogP contribution is -2.02. The third-order valence-electron chi connectivity index (χ3n) is 2.44. The molecule has 0 radical (unpaired) electrons. The van der Waals surface area contributed by atoms with Gasteiger partial charge in [0.15, 0.2) is 5.78 Å². The van der Waals surface area contributed by atoms with E-state index in [1.54, 1.807) is 0 Å². The van der Waals surface area contributed by atoms with Gasteiger partial charge in [-0.3, -0.25) is 4.79 Å². The van der Waals surface area contributed by atoms with Crippen molar-refractivity contribution in [2.24, 2.45) is 0 Å². The fraction of sp³-hybridized carbons (Fsp3) is 0.462. The molecule has 0 aliphatic heterocycles. The molecule has 0 aliphatic rings. The number of ketones is 1. The van der Waals surface area contributed by atoms with Crippen molar-refractivity contribution in [2.45, 2.75) is 34.1 Å². The smallest absolute Gasteiger partial charge is 0.162 e. The first-order valence-electron chi connectivity index (χ1n) is 5.37. The largest absolute Gasteiger partial charge is 0.494 e. The molecule has 0 amide bonds. The van der Waals surface area contributed by atoms with Crippen LogP contribution in [0.3, 0.4) is 0 Å². The van der Waals surface area contributed by atoms with Gasteiger partial charge in [0.25, 0.3) is 0 Å². The van der Waals surface area contributed by atoms with E-state index in [4.69, 9.17) is 4.74 Å². The Labute approximate surface area is 91.3 Å². The molecule has 0 atom stereocenters. The number of rotatable bonds is 4. The van der Waals surface area contributed by atoms with Crippen LogP contribution in [0.15, 0.2) is 12.1 Å². The highest BCUT2D eigenvalue weighted by atomic mass is 16.5. The van der Waals surface area contributed by atoms with Crippen molar-refractivity contribution >= 4 is 5.78 Å². The maximum absolute atomic E-state index is 11.6. The van der Waals surface area contributed by atoms with Gasteiger partial charge in [-0.05, 0) is 44.0 Å². The molecule has 2 nitrogen and oxygen atoms in total. The van der Waals surface area contributed by atoms with Gasteiger partial charge < -0.3 is 4.74 Å². The van der Waals surface area contributed by atoms with Crippen molar-refractivity contribution < 1.29 is 9.53 Å². The van der Waals surface area contributed by atoms with Gasteiger partial charge in [-0.25, -0.2) is 0 Å². The molecule has 15 heavy (non-hydrogen) atoms. The number of carbonyl (C=O) groups is 1. The van der Waals surface area contributed by atoms with E-state index < -0.39 is 0 Å². The van der Waals surface area contributed by atoms with E-state index in [1.165, 1.54) is 0 Å². The Morgan fingerprint density at radius 2 is 1.87 bits per heavy atom. The molecule has 0 spiro atoms. The van der Waals surface area contributed by atoms with Crippen molar-refractivity contribution in [3.05, 3.63) is 28.8 Å². The van der Waals surface area contributed by atoms with E-state index >= 15 is 0 Å². The maximum Gasteiger partial charge on any atom is 0.162 e. The van der Waals surface area contributed by atoms with Crippen LogP contribution >= 0.6 is 0 Å². The number of hydrogen-bond donors (Lipinski definition) is 0. The summed E-state index contributed by atoms with van der Waals surface area (Å²) in [4.78, 5) is 11.6. The molecule has 0 saturated heterocycles. The van der Waals surface area contributed by atoms with Crippen molar-refractivity contribution in [2.75, 3.05) is 6.61 Å². The molecule has 0 aromatic heterocycles. The molecule has 0 fully saturated rings. The van der Waals surface area contributed by atoms with E-state index in [-0.39, 0.29) is 5.78 Å². The maximum atomic E-state index is 11.6. The summed E-state index contributed by atoms with van der Waals surface area (Å²) in [6.45, 7) is 8.41. The SMILES string of the molecule is CCOc1cc(C)c(C(=O)CC)cc1C. The van der Waals surface area contributed by atoms with Crippen LogP contribution in [0.1, 0.15) is 41.8 Å². The van der Waals surface area contributed by atoms with Gasteiger partial charge in [0, 0.05) is 12.0 Å². The fourth-order valence-electron chi connectivity index (χ4n) is 1.59. The Balaban J connectivity index is 3.13. The van der Waals surface area contributed by atoms with Crippen LogP contribution in [0.25, 0.3) is 0 Å². The molecule has 82 valence electrons. The summed E-state index contributed by atoms with van der Waals surface area (Å²) in [6.07, 6.45) is 0.550. The fourth-order valence-corrected chi connectivity index (χ4v) is 1.59. The molecule has 0 unspecified atom stereocenters. The second kappa shape index (κ2) is 4.96. The zero-order valence-corrected chi connectivity index (χ0v) is 9.89. The molecular weight excluding hydrogens is 188 g/mol. The van der Waals surface area contributed by atoms with Gasteiger partial charge in [0.05, 0.1) is 6.61 Å². The van der Waals surface area contributed by atoms with E-state index in [0.29, 0.717) is 13.0 Å². The quantitative estimate of drug-likeness (QED) is 0.706. The third-order valence-corrected chi connectivity index (χ3v) is 2.44. The lowest BCUT2D eigenvalue weighted by Gasteiger charge is -2.11. The minimum Gasteiger partial charge on any atom is -0.494 e. The van der Waals surface area contributed by atoms with E-state index in [1.807, 2.05) is 39.8 Å². The number of ether oxygens (including phenoxy) is 1. The van der Waals surface area contributed by atoms with Crippen molar-refractivity contribution in [3.8, 4) is 5.75 Å². The summed E-state index contributed by atoms with van der Waals surface area (Å²) in [6, 6.07) is 3.87. The summed E-state index contributed by atoms with van der Waals surface area (Å²) < 4.78 is 5.47. The minimum absolute atomic E-state index is 0.193. The highest BCUT2D eigenvalue weighted by molar-refractivity contribution is 5.97. The Morgan fingerprint density at radius 1 is 1.20 bits per heavy atom. The summed E-state index contributed by atoms with van der Waals surface area (Å²) in [5.41, 5.74) is 2.84. The Bertz CT molecular complexity index is 367. The minimum atomic E-state index is 0.193. The van der Waals surface area contributed by atoms with E-state index in [9.17, 15) is 4.79 Å². The Hall–Kier alpha value is -1.31. The van der Waals surface area contributed by atoms with Crippen LogP contribution < -0.4 is 4.74 Å². The highest BCUT2D eigenvalue weighted by Crippen LogP contribution is 2.23. The Morgan fingerprint density at radius 3 is 2.40 bits per heavy atom. The molecule has 1 aromatic carbocycles. The van der Waals surface area contributed by atoms with Crippen LogP contribution in [-0.2, 0) is 0 Å². The predicted octanol–water partition coefficient (Wildman–Crippen LogP) is 3.29. The van der Waals surface area contributed by atoms with Gasteiger partial charge >= 0.3 is 0 Å². The first-order valence-corrected chi connectivity index (χ1v) is 5.37. The summed E-state index contributed by atoms with van der Waals surface area (Å²) in [7, 11) is 0. The highest BCUT2D eigenvalue weighted by Gasteiger charge is 2.10. The van der Waals surface area contributed by atoms with Crippen molar-refractivity contribution in [1.82, 2.24) is 0 Å². The van der Waals surface area contributed by atoms with Gasteiger partial charge in [0.1, 0.15) is 5.75 Å². The van der Waals surface area contributed by atoms with E-state index in [0.717, 1.165) is 22.4 Å². The average Bonchev–Trinajstić information content (AvgIpc) is 2.22. The topological polar surface area (TPSA) is 26.3 Å². The first kappa shape index (κ1) is 11.8.